The number of benzene rings is 2. The SMILES string of the molecule is CCCCN1C(=O)c2ccc(C(=O)Nc3cc4c(cc3Cl)NC(=O)CO4)cc2C1=O. The number of imide groups is 1. The first-order valence-electron chi connectivity index (χ1n) is 9.47. The molecule has 0 aliphatic carbocycles. The van der Waals surface area contributed by atoms with Crippen LogP contribution in [0.4, 0.5) is 11.4 Å². The fourth-order valence-electron chi connectivity index (χ4n) is 3.34. The Balaban J connectivity index is 1.56. The smallest absolute Gasteiger partial charge is 0.262 e. The molecule has 30 heavy (non-hydrogen) atoms. The van der Waals surface area contributed by atoms with E-state index in [0.29, 0.717) is 29.2 Å². The van der Waals surface area contributed by atoms with Gasteiger partial charge < -0.3 is 15.4 Å². The van der Waals surface area contributed by atoms with Crippen molar-refractivity contribution in [1.29, 1.82) is 0 Å². The molecule has 0 atom stereocenters. The molecule has 9 heteroatoms. The Kier molecular flexibility index (Phi) is 5.17. The molecular formula is C21H18ClN3O5. The molecule has 0 saturated heterocycles. The zero-order chi connectivity index (χ0) is 21.4. The first-order chi connectivity index (χ1) is 14.4. The van der Waals surface area contributed by atoms with Gasteiger partial charge in [-0.15, -0.1) is 0 Å². The molecule has 4 amide bonds. The van der Waals surface area contributed by atoms with Crippen molar-refractivity contribution in [2.24, 2.45) is 0 Å². The number of ether oxygens (including phenoxy) is 1. The lowest BCUT2D eigenvalue weighted by molar-refractivity contribution is -0.118. The second-order valence-electron chi connectivity index (χ2n) is 7.00. The normalized spacial score (nSPS) is 14.7. The van der Waals surface area contributed by atoms with Gasteiger partial charge >= 0.3 is 0 Å². The largest absolute Gasteiger partial charge is 0.482 e. The summed E-state index contributed by atoms with van der Waals surface area (Å²) in [6.45, 7) is 2.20. The van der Waals surface area contributed by atoms with Crippen LogP contribution in [0.15, 0.2) is 30.3 Å². The fraction of sp³-hybridized carbons (Fsp3) is 0.238. The van der Waals surface area contributed by atoms with Gasteiger partial charge in [-0.05, 0) is 30.7 Å². The molecule has 4 rings (SSSR count). The van der Waals surface area contributed by atoms with Gasteiger partial charge in [-0.2, -0.15) is 0 Å². The first kappa shape index (κ1) is 19.9. The summed E-state index contributed by atoms with van der Waals surface area (Å²) < 4.78 is 5.34. The lowest BCUT2D eigenvalue weighted by Gasteiger charge is -2.19. The monoisotopic (exact) mass is 427 g/mol. The summed E-state index contributed by atoms with van der Waals surface area (Å²) in [5, 5.41) is 5.52. The average Bonchev–Trinajstić information content (AvgIpc) is 2.96. The molecule has 0 spiro atoms. The number of nitrogens with one attached hydrogen (secondary N) is 2. The van der Waals surface area contributed by atoms with E-state index in [1.807, 2.05) is 6.92 Å². The van der Waals surface area contributed by atoms with E-state index in [1.54, 1.807) is 0 Å². The number of carbonyl (C=O) groups is 4. The Labute approximate surface area is 177 Å². The highest BCUT2D eigenvalue weighted by Gasteiger charge is 2.35. The van der Waals surface area contributed by atoms with Crippen molar-refractivity contribution in [3.05, 3.63) is 52.0 Å². The molecule has 2 aromatic carbocycles. The minimum Gasteiger partial charge on any atom is -0.482 e. The molecule has 8 nitrogen and oxygen atoms in total. The van der Waals surface area contributed by atoms with Gasteiger partial charge in [-0.3, -0.25) is 24.1 Å². The maximum atomic E-state index is 12.7. The predicted octanol–water partition coefficient (Wildman–Crippen LogP) is 3.32. The summed E-state index contributed by atoms with van der Waals surface area (Å²) >= 11 is 6.22. The van der Waals surface area contributed by atoms with E-state index in [-0.39, 0.29) is 34.6 Å². The van der Waals surface area contributed by atoms with Crippen LogP contribution in [0.25, 0.3) is 0 Å². The van der Waals surface area contributed by atoms with Gasteiger partial charge in [-0.25, -0.2) is 0 Å². The van der Waals surface area contributed by atoms with Crippen molar-refractivity contribution >= 4 is 46.6 Å². The molecular weight excluding hydrogens is 410 g/mol. The summed E-state index contributed by atoms with van der Waals surface area (Å²) in [6, 6.07) is 7.40. The van der Waals surface area contributed by atoms with Gasteiger partial charge in [0.25, 0.3) is 23.6 Å². The molecule has 2 aromatic rings. The van der Waals surface area contributed by atoms with Crippen LogP contribution in [0.3, 0.4) is 0 Å². The number of rotatable bonds is 5. The molecule has 2 aliphatic rings. The van der Waals surface area contributed by atoms with Gasteiger partial charge in [0, 0.05) is 18.2 Å². The van der Waals surface area contributed by atoms with E-state index in [9.17, 15) is 19.2 Å². The minimum absolute atomic E-state index is 0.127. The molecule has 0 bridgehead atoms. The number of fused-ring (bicyclic) bond motifs is 2. The van der Waals surface area contributed by atoms with E-state index in [0.717, 1.165) is 12.8 Å². The first-order valence-corrected chi connectivity index (χ1v) is 9.84. The van der Waals surface area contributed by atoms with Crippen molar-refractivity contribution in [2.45, 2.75) is 19.8 Å². The predicted molar refractivity (Wildman–Crippen MR) is 110 cm³/mol. The van der Waals surface area contributed by atoms with Crippen molar-refractivity contribution < 1.29 is 23.9 Å². The highest BCUT2D eigenvalue weighted by Crippen LogP contribution is 2.36. The highest BCUT2D eigenvalue weighted by atomic mass is 35.5. The van der Waals surface area contributed by atoms with E-state index in [2.05, 4.69) is 10.6 Å². The Morgan fingerprint density at radius 1 is 1.17 bits per heavy atom. The fourth-order valence-corrected chi connectivity index (χ4v) is 3.55. The Morgan fingerprint density at radius 2 is 1.93 bits per heavy atom. The maximum Gasteiger partial charge on any atom is 0.262 e. The van der Waals surface area contributed by atoms with Crippen LogP contribution in [0.1, 0.15) is 50.8 Å². The van der Waals surface area contributed by atoms with E-state index in [4.69, 9.17) is 16.3 Å². The number of hydrogen-bond acceptors (Lipinski definition) is 5. The Morgan fingerprint density at radius 3 is 2.70 bits per heavy atom. The van der Waals surface area contributed by atoms with Crippen LogP contribution < -0.4 is 15.4 Å². The number of amides is 4. The van der Waals surface area contributed by atoms with Crippen molar-refractivity contribution in [3.8, 4) is 5.75 Å². The number of hydrogen-bond donors (Lipinski definition) is 2. The molecule has 0 fully saturated rings. The van der Waals surface area contributed by atoms with Gasteiger partial charge in [0.05, 0.1) is 27.5 Å². The van der Waals surface area contributed by atoms with Gasteiger partial charge in [0.1, 0.15) is 5.75 Å². The summed E-state index contributed by atoms with van der Waals surface area (Å²) in [5.41, 5.74) is 1.44. The lowest BCUT2D eigenvalue weighted by Crippen LogP contribution is -2.30. The third-order valence-electron chi connectivity index (χ3n) is 4.92. The van der Waals surface area contributed by atoms with E-state index in [1.165, 1.54) is 35.2 Å². The minimum atomic E-state index is -0.494. The third kappa shape index (κ3) is 3.50. The quantitative estimate of drug-likeness (QED) is 0.712. The van der Waals surface area contributed by atoms with E-state index >= 15 is 0 Å². The van der Waals surface area contributed by atoms with Crippen LogP contribution in [-0.4, -0.2) is 41.7 Å². The molecule has 2 heterocycles. The van der Waals surface area contributed by atoms with Crippen molar-refractivity contribution in [3.63, 3.8) is 0 Å². The summed E-state index contributed by atoms with van der Waals surface area (Å²) in [4.78, 5) is 50.4. The van der Waals surface area contributed by atoms with Gasteiger partial charge in [0.15, 0.2) is 6.61 Å². The van der Waals surface area contributed by atoms with Crippen LogP contribution in [0, 0.1) is 0 Å². The Bertz CT molecular complexity index is 1100. The molecule has 154 valence electrons. The van der Waals surface area contributed by atoms with Gasteiger partial charge in [-0.1, -0.05) is 24.9 Å². The molecule has 0 radical (unpaired) electrons. The standard InChI is InChI=1S/C21H18ClN3O5/c1-2-3-6-25-20(28)12-5-4-11(7-13(12)21(25)29)19(27)24-15-9-17-16(8-14(15)22)23-18(26)10-30-17/h4-5,7-9H,2-3,6,10H2,1H3,(H,23,26)(H,24,27). The Hall–Kier alpha value is -3.39. The van der Waals surface area contributed by atoms with E-state index < -0.39 is 11.8 Å². The molecule has 0 unspecified atom stereocenters. The summed E-state index contributed by atoms with van der Waals surface area (Å²) in [6.07, 6.45) is 1.58. The van der Waals surface area contributed by atoms with Gasteiger partial charge in [0.2, 0.25) is 0 Å². The van der Waals surface area contributed by atoms with Crippen molar-refractivity contribution in [1.82, 2.24) is 4.90 Å². The third-order valence-corrected chi connectivity index (χ3v) is 5.23. The van der Waals surface area contributed by atoms with Crippen LogP contribution >= 0.6 is 11.6 Å². The van der Waals surface area contributed by atoms with Crippen LogP contribution in [0.2, 0.25) is 5.02 Å². The molecule has 2 N–H and O–H groups in total. The average molecular weight is 428 g/mol. The summed E-state index contributed by atoms with van der Waals surface area (Å²) in [7, 11) is 0. The van der Waals surface area contributed by atoms with Crippen LogP contribution in [0.5, 0.6) is 5.75 Å². The number of halogens is 1. The highest BCUT2D eigenvalue weighted by molar-refractivity contribution is 6.34. The summed E-state index contributed by atoms with van der Waals surface area (Å²) in [5.74, 6) is -1.13. The number of unbranched alkanes of at least 4 members (excludes halogenated alkanes) is 1. The van der Waals surface area contributed by atoms with Crippen molar-refractivity contribution in [2.75, 3.05) is 23.8 Å². The maximum absolute atomic E-state index is 12.7. The topological polar surface area (TPSA) is 105 Å². The number of anilines is 2. The number of carbonyl (C=O) groups excluding carboxylic acids is 4. The molecule has 0 saturated carbocycles. The second kappa shape index (κ2) is 7.79. The zero-order valence-electron chi connectivity index (χ0n) is 16.1. The van der Waals surface area contributed by atoms with Crippen LogP contribution in [-0.2, 0) is 4.79 Å². The second-order valence-corrected chi connectivity index (χ2v) is 7.40. The lowest BCUT2D eigenvalue weighted by atomic mass is 10.1. The molecule has 2 aliphatic heterocycles. The molecule has 0 aromatic heterocycles. The number of nitrogens with zero attached hydrogens (tertiary/aromatic N) is 1. The zero-order valence-corrected chi connectivity index (χ0v) is 16.8.